The number of anilines is 2. The van der Waals surface area contributed by atoms with Crippen molar-refractivity contribution in [3.63, 3.8) is 0 Å². The fourth-order valence-corrected chi connectivity index (χ4v) is 4.31. The molecule has 2 aromatic rings. The second-order valence-corrected chi connectivity index (χ2v) is 7.46. The van der Waals surface area contributed by atoms with Gasteiger partial charge in [0.2, 0.25) is 5.88 Å². The summed E-state index contributed by atoms with van der Waals surface area (Å²) in [5.74, 6) is 0.0242. The highest BCUT2D eigenvalue weighted by molar-refractivity contribution is 7.81. The lowest BCUT2D eigenvalue weighted by Gasteiger charge is -2.42. The monoisotopic (exact) mass is 437 g/mol. The molecule has 1 saturated carbocycles. The second-order valence-electron chi connectivity index (χ2n) is 7.09. The van der Waals surface area contributed by atoms with Crippen molar-refractivity contribution in [2.24, 2.45) is 5.73 Å². The van der Waals surface area contributed by atoms with Crippen LogP contribution in [0.5, 0.6) is 5.88 Å². The van der Waals surface area contributed by atoms with Crippen LogP contribution in [0.1, 0.15) is 30.5 Å². The van der Waals surface area contributed by atoms with Gasteiger partial charge in [0.05, 0.1) is 42.1 Å². The van der Waals surface area contributed by atoms with Crippen molar-refractivity contribution >= 4 is 34.6 Å². The van der Waals surface area contributed by atoms with Gasteiger partial charge < -0.3 is 15.4 Å². The van der Waals surface area contributed by atoms with Crippen molar-refractivity contribution < 1.29 is 22.7 Å². The van der Waals surface area contributed by atoms with Crippen molar-refractivity contribution in [3.8, 4) is 5.88 Å². The summed E-state index contributed by atoms with van der Waals surface area (Å²) in [4.78, 5) is 24.2. The highest BCUT2D eigenvalue weighted by atomic mass is 32.1. The lowest BCUT2D eigenvalue weighted by Crippen LogP contribution is -2.55. The fraction of sp³-hybridized carbons (Fsp3) is 0.368. The number of amides is 1. The molecule has 2 N–H and O–H groups in total. The molecule has 0 radical (unpaired) electrons. The van der Waals surface area contributed by atoms with Crippen molar-refractivity contribution in [2.45, 2.75) is 37.5 Å². The average molecular weight is 437 g/mol. The third-order valence-electron chi connectivity index (χ3n) is 5.49. The summed E-state index contributed by atoms with van der Waals surface area (Å²) in [6.45, 7) is -0.374. The molecule has 0 aromatic carbocycles. The summed E-state index contributed by atoms with van der Waals surface area (Å²) < 4.78 is 45.5. The van der Waals surface area contributed by atoms with Crippen LogP contribution in [-0.2, 0) is 17.5 Å². The Labute approximate surface area is 175 Å². The summed E-state index contributed by atoms with van der Waals surface area (Å²) in [5, 5.41) is 0.0853. The van der Waals surface area contributed by atoms with Gasteiger partial charge in [-0.25, -0.2) is 4.98 Å². The largest absolute Gasteiger partial charge is 0.481 e. The molecule has 1 aliphatic carbocycles. The van der Waals surface area contributed by atoms with E-state index < -0.39 is 17.3 Å². The smallest absolute Gasteiger partial charge is 0.418 e. The Kier molecular flexibility index (Phi) is 4.89. The Morgan fingerprint density at radius 3 is 2.43 bits per heavy atom. The van der Waals surface area contributed by atoms with E-state index in [9.17, 15) is 18.0 Å². The van der Waals surface area contributed by atoms with E-state index in [1.54, 1.807) is 17.0 Å². The summed E-state index contributed by atoms with van der Waals surface area (Å²) >= 11 is 5.55. The van der Waals surface area contributed by atoms with Gasteiger partial charge in [-0.1, -0.05) is 0 Å². The molecule has 2 fully saturated rings. The van der Waals surface area contributed by atoms with Gasteiger partial charge in [0.1, 0.15) is 5.54 Å². The molecule has 1 amide bonds. The number of nitrogens with zero attached hydrogens (tertiary/aromatic N) is 4. The lowest BCUT2D eigenvalue weighted by atomic mass is 9.75. The van der Waals surface area contributed by atoms with Crippen LogP contribution in [0, 0.1) is 0 Å². The van der Waals surface area contributed by atoms with E-state index in [-0.39, 0.29) is 28.9 Å². The van der Waals surface area contributed by atoms with Gasteiger partial charge >= 0.3 is 6.18 Å². The van der Waals surface area contributed by atoms with Crippen LogP contribution in [0.4, 0.5) is 24.5 Å². The van der Waals surface area contributed by atoms with Gasteiger partial charge in [-0.15, -0.1) is 0 Å². The molecule has 0 atom stereocenters. The van der Waals surface area contributed by atoms with Gasteiger partial charge in [-0.3, -0.25) is 14.7 Å². The summed E-state index contributed by atoms with van der Waals surface area (Å²) in [5.41, 5.74) is 3.73. The maximum Gasteiger partial charge on any atom is 0.418 e. The van der Waals surface area contributed by atoms with E-state index in [2.05, 4.69) is 9.97 Å². The van der Waals surface area contributed by atoms with Gasteiger partial charge in [-0.05, 0) is 43.6 Å². The zero-order chi connectivity index (χ0) is 21.7. The third kappa shape index (κ3) is 3.00. The maximum atomic E-state index is 13.5. The Bertz CT molecular complexity index is 1010. The van der Waals surface area contributed by atoms with Gasteiger partial charge in [-0.2, -0.15) is 13.2 Å². The Morgan fingerprint density at radius 1 is 1.23 bits per heavy atom. The summed E-state index contributed by atoms with van der Waals surface area (Å²) in [7, 11) is 1.48. The normalized spacial score (nSPS) is 18.2. The van der Waals surface area contributed by atoms with Gasteiger partial charge in [0.15, 0.2) is 5.11 Å². The number of methoxy groups -OCH3 is 1. The molecule has 0 bridgehead atoms. The molecule has 2 aliphatic rings. The van der Waals surface area contributed by atoms with Gasteiger partial charge in [0, 0.05) is 12.6 Å². The van der Waals surface area contributed by atoms with E-state index >= 15 is 0 Å². The number of ether oxygens (including phenoxy) is 1. The number of pyridine rings is 2. The molecular formula is C19H18F3N5O2S. The minimum absolute atomic E-state index is 0.0372. The minimum atomic E-state index is -4.66. The number of hydrogen-bond donors (Lipinski definition) is 1. The SMILES string of the molecule is COc1ccc(N2C(=S)N(c3cnc(CN)c(C(F)(F)F)c3)C(=O)C23CCC3)cn1. The molecule has 4 rings (SSSR count). The van der Waals surface area contributed by atoms with Gasteiger partial charge in [0.25, 0.3) is 5.91 Å². The summed E-state index contributed by atoms with van der Waals surface area (Å²) in [6, 6.07) is 4.23. The maximum absolute atomic E-state index is 13.5. The number of carbonyl (C=O) groups excluding carboxylic acids is 1. The zero-order valence-electron chi connectivity index (χ0n) is 15.9. The molecule has 1 aliphatic heterocycles. The molecular weight excluding hydrogens is 419 g/mol. The molecule has 2 aromatic heterocycles. The van der Waals surface area contributed by atoms with E-state index in [1.807, 2.05) is 0 Å². The first-order valence-electron chi connectivity index (χ1n) is 9.18. The zero-order valence-corrected chi connectivity index (χ0v) is 16.8. The van der Waals surface area contributed by atoms with Crippen molar-refractivity contribution in [3.05, 3.63) is 41.9 Å². The van der Waals surface area contributed by atoms with Crippen LogP contribution >= 0.6 is 12.2 Å². The number of thiocarbonyl (C=S) groups is 1. The Hall–Kier alpha value is -2.79. The number of nitrogens with two attached hydrogens (primary N) is 1. The molecule has 1 saturated heterocycles. The number of carbonyl (C=O) groups is 1. The van der Waals surface area contributed by atoms with Crippen LogP contribution in [-0.4, -0.2) is 33.6 Å². The highest BCUT2D eigenvalue weighted by Crippen LogP contribution is 2.48. The lowest BCUT2D eigenvalue weighted by molar-refractivity contribution is -0.138. The van der Waals surface area contributed by atoms with Crippen LogP contribution in [0.25, 0.3) is 0 Å². The summed E-state index contributed by atoms with van der Waals surface area (Å²) in [6.07, 6.45) is -0.0527. The standard InChI is InChI=1S/C19H18F3N5O2S/c1-29-15-4-3-11(9-25-15)27-17(30)26(16(28)18(27)5-2-6-18)12-7-13(19(20,21)22)14(8-23)24-10-12/h3-4,7,9-10H,2,5-6,8,23H2,1H3. The van der Waals surface area contributed by atoms with Crippen molar-refractivity contribution in [2.75, 3.05) is 16.9 Å². The van der Waals surface area contributed by atoms with Crippen LogP contribution in [0.2, 0.25) is 0 Å². The Morgan fingerprint density at radius 2 is 1.93 bits per heavy atom. The molecule has 0 unspecified atom stereocenters. The number of halogens is 3. The molecule has 3 heterocycles. The van der Waals surface area contributed by atoms with Crippen molar-refractivity contribution in [1.82, 2.24) is 9.97 Å². The molecule has 11 heteroatoms. The Balaban J connectivity index is 1.79. The van der Waals surface area contributed by atoms with E-state index in [0.29, 0.717) is 24.4 Å². The third-order valence-corrected chi connectivity index (χ3v) is 5.86. The number of hydrogen-bond acceptors (Lipinski definition) is 6. The van der Waals surface area contributed by atoms with E-state index in [0.717, 1.165) is 17.4 Å². The topological polar surface area (TPSA) is 84.6 Å². The quantitative estimate of drug-likeness (QED) is 0.736. The van der Waals surface area contributed by atoms with Crippen LogP contribution < -0.4 is 20.3 Å². The first kappa shape index (κ1) is 20.5. The highest BCUT2D eigenvalue weighted by Gasteiger charge is 2.59. The predicted octanol–water partition coefficient (Wildman–Crippen LogP) is 3.02. The van der Waals surface area contributed by atoms with E-state index in [4.69, 9.17) is 22.7 Å². The number of aromatic nitrogens is 2. The number of alkyl halides is 3. The van der Waals surface area contributed by atoms with Crippen LogP contribution in [0.3, 0.4) is 0 Å². The van der Waals surface area contributed by atoms with E-state index in [1.165, 1.54) is 19.5 Å². The first-order chi connectivity index (χ1) is 14.2. The average Bonchev–Trinajstić information content (AvgIpc) is 2.93. The minimum Gasteiger partial charge on any atom is -0.481 e. The predicted molar refractivity (Wildman–Crippen MR) is 107 cm³/mol. The first-order valence-corrected chi connectivity index (χ1v) is 9.59. The molecule has 30 heavy (non-hydrogen) atoms. The number of rotatable bonds is 4. The molecule has 1 spiro atoms. The molecule has 158 valence electrons. The molecule has 7 nitrogen and oxygen atoms in total. The fourth-order valence-electron chi connectivity index (χ4n) is 3.85. The van der Waals surface area contributed by atoms with Crippen LogP contribution in [0.15, 0.2) is 30.6 Å². The van der Waals surface area contributed by atoms with Crippen molar-refractivity contribution in [1.29, 1.82) is 0 Å². The second kappa shape index (κ2) is 7.17.